The van der Waals surface area contributed by atoms with E-state index in [1.807, 2.05) is 0 Å². The molecule has 1 unspecified atom stereocenters. The molecule has 0 saturated heterocycles. The fraction of sp³-hybridized carbons (Fsp3) is 1.00. The molecule has 0 rings (SSSR count). The van der Waals surface area contributed by atoms with Crippen LogP contribution in [0.15, 0.2) is 0 Å². The van der Waals surface area contributed by atoms with Gasteiger partial charge in [-0.3, -0.25) is 0 Å². The van der Waals surface area contributed by atoms with Crippen LogP contribution < -0.4 is 0 Å². The van der Waals surface area contributed by atoms with E-state index in [1.165, 1.54) is 19.3 Å². The molecule has 0 amide bonds. The van der Waals surface area contributed by atoms with Crippen LogP contribution in [-0.2, 0) is 4.74 Å². The van der Waals surface area contributed by atoms with Crippen molar-refractivity contribution < 1.29 is 9.84 Å². The molecule has 0 aromatic heterocycles. The minimum Gasteiger partial charge on any atom is -0.396 e. The molecule has 0 aliphatic heterocycles. The Balaban J connectivity index is 2.97. The zero-order valence-electron chi connectivity index (χ0n) is 8.38. The second-order valence-corrected chi connectivity index (χ2v) is 3.40. The van der Waals surface area contributed by atoms with E-state index in [1.54, 1.807) is 0 Å². The van der Waals surface area contributed by atoms with E-state index < -0.39 is 0 Å². The number of ether oxygens (including phenoxy) is 1. The first kappa shape index (κ1) is 11.9. The second-order valence-electron chi connectivity index (χ2n) is 3.40. The first-order chi connectivity index (χ1) is 5.81. The zero-order chi connectivity index (χ0) is 9.23. The van der Waals surface area contributed by atoms with Crippen LogP contribution >= 0.6 is 0 Å². The van der Waals surface area contributed by atoms with Crippen LogP contribution in [0.4, 0.5) is 0 Å². The Labute approximate surface area is 75.9 Å². The van der Waals surface area contributed by atoms with Gasteiger partial charge >= 0.3 is 0 Å². The fourth-order valence-corrected chi connectivity index (χ4v) is 1.04. The molecule has 0 spiro atoms. The maximum atomic E-state index is 8.62. The summed E-state index contributed by atoms with van der Waals surface area (Å²) in [5.41, 5.74) is 0. The predicted octanol–water partition coefficient (Wildman–Crippen LogP) is 2.21. The summed E-state index contributed by atoms with van der Waals surface area (Å²) in [7, 11) is 0. The van der Waals surface area contributed by atoms with E-state index in [-0.39, 0.29) is 6.61 Å². The van der Waals surface area contributed by atoms with Crippen molar-refractivity contribution in [1.82, 2.24) is 0 Å². The predicted molar refractivity (Wildman–Crippen MR) is 51.2 cm³/mol. The summed E-state index contributed by atoms with van der Waals surface area (Å²) in [5.74, 6) is 0.497. The Morgan fingerprint density at radius 3 is 2.67 bits per heavy atom. The fourth-order valence-electron chi connectivity index (χ4n) is 1.04. The Bertz CT molecular complexity index is 83.9. The molecule has 1 N–H and O–H groups in total. The zero-order valence-corrected chi connectivity index (χ0v) is 8.38. The molecule has 2 nitrogen and oxygen atoms in total. The molecule has 0 saturated carbocycles. The summed E-state index contributed by atoms with van der Waals surface area (Å²) in [6.45, 7) is 6.25. The molecule has 0 aromatic carbocycles. The van der Waals surface area contributed by atoms with E-state index in [0.717, 1.165) is 19.6 Å². The Hall–Kier alpha value is -0.0800. The number of unbranched alkanes of at least 4 members (excludes halogenated alkanes) is 2. The van der Waals surface area contributed by atoms with E-state index in [4.69, 9.17) is 9.84 Å². The first-order valence-electron chi connectivity index (χ1n) is 4.99. The van der Waals surface area contributed by atoms with Gasteiger partial charge in [-0.05, 0) is 18.8 Å². The van der Waals surface area contributed by atoms with Crippen LogP contribution in [0.1, 0.15) is 39.5 Å². The van der Waals surface area contributed by atoms with Gasteiger partial charge in [-0.25, -0.2) is 0 Å². The van der Waals surface area contributed by atoms with Gasteiger partial charge in [-0.15, -0.1) is 0 Å². The minimum atomic E-state index is 0.277. The standard InChI is InChI=1S/C10H22O2/c1-3-4-5-8-12-9-10(2)6-7-11/h10-11H,3-9H2,1-2H3. The van der Waals surface area contributed by atoms with Crippen LogP contribution in [0.3, 0.4) is 0 Å². The number of aliphatic hydroxyl groups is 1. The molecule has 1 atom stereocenters. The third-order valence-electron chi connectivity index (χ3n) is 1.92. The number of rotatable bonds is 8. The van der Waals surface area contributed by atoms with Crippen molar-refractivity contribution in [1.29, 1.82) is 0 Å². The van der Waals surface area contributed by atoms with Crippen molar-refractivity contribution in [3.05, 3.63) is 0 Å². The maximum absolute atomic E-state index is 8.62. The Morgan fingerprint density at radius 1 is 1.33 bits per heavy atom. The van der Waals surface area contributed by atoms with Gasteiger partial charge < -0.3 is 9.84 Å². The lowest BCUT2D eigenvalue weighted by atomic mass is 10.1. The molecule has 0 fully saturated rings. The van der Waals surface area contributed by atoms with Gasteiger partial charge in [0.05, 0.1) is 0 Å². The average molecular weight is 174 g/mol. The molecule has 0 heterocycles. The average Bonchev–Trinajstić information content (AvgIpc) is 2.05. The van der Waals surface area contributed by atoms with Gasteiger partial charge in [-0.2, -0.15) is 0 Å². The van der Waals surface area contributed by atoms with Crippen LogP contribution in [0, 0.1) is 5.92 Å². The van der Waals surface area contributed by atoms with Crippen LogP contribution in [0.25, 0.3) is 0 Å². The summed E-state index contributed by atoms with van der Waals surface area (Å²) in [6, 6.07) is 0. The SMILES string of the molecule is CCCCCOCC(C)CCO. The molecular formula is C10H22O2. The highest BCUT2D eigenvalue weighted by atomic mass is 16.5. The molecule has 0 aliphatic carbocycles. The van der Waals surface area contributed by atoms with Crippen molar-refractivity contribution in [2.24, 2.45) is 5.92 Å². The summed E-state index contributed by atoms with van der Waals surface area (Å²) >= 11 is 0. The maximum Gasteiger partial charge on any atom is 0.0492 e. The highest BCUT2D eigenvalue weighted by molar-refractivity contribution is 4.49. The number of hydrogen-bond donors (Lipinski definition) is 1. The third-order valence-corrected chi connectivity index (χ3v) is 1.92. The smallest absolute Gasteiger partial charge is 0.0492 e. The quantitative estimate of drug-likeness (QED) is 0.572. The number of aliphatic hydroxyl groups excluding tert-OH is 1. The van der Waals surface area contributed by atoms with Gasteiger partial charge in [-0.1, -0.05) is 26.7 Å². The molecule has 0 aliphatic rings. The van der Waals surface area contributed by atoms with Gasteiger partial charge in [0.2, 0.25) is 0 Å². The van der Waals surface area contributed by atoms with Crippen molar-refractivity contribution in [3.63, 3.8) is 0 Å². The molecule has 0 radical (unpaired) electrons. The summed E-state index contributed by atoms with van der Waals surface area (Å²) in [4.78, 5) is 0. The monoisotopic (exact) mass is 174 g/mol. The van der Waals surface area contributed by atoms with E-state index in [0.29, 0.717) is 5.92 Å². The second kappa shape index (κ2) is 9.01. The lowest BCUT2D eigenvalue weighted by Gasteiger charge is -2.09. The normalized spacial score (nSPS) is 13.2. The highest BCUT2D eigenvalue weighted by Gasteiger charge is 1.99. The van der Waals surface area contributed by atoms with Crippen molar-refractivity contribution in [2.45, 2.75) is 39.5 Å². The Morgan fingerprint density at radius 2 is 2.08 bits per heavy atom. The summed E-state index contributed by atoms with van der Waals surface area (Å²) < 4.78 is 5.44. The van der Waals surface area contributed by atoms with Crippen molar-refractivity contribution in [2.75, 3.05) is 19.8 Å². The van der Waals surface area contributed by atoms with Crippen LogP contribution in [0.5, 0.6) is 0 Å². The largest absolute Gasteiger partial charge is 0.396 e. The molecule has 0 aromatic rings. The highest BCUT2D eigenvalue weighted by Crippen LogP contribution is 2.02. The van der Waals surface area contributed by atoms with Crippen LogP contribution in [0.2, 0.25) is 0 Å². The Kier molecular flexibility index (Phi) is 8.95. The van der Waals surface area contributed by atoms with Gasteiger partial charge in [0, 0.05) is 19.8 Å². The molecule has 2 heteroatoms. The van der Waals surface area contributed by atoms with E-state index in [9.17, 15) is 0 Å². The lowest BCUT2D eigenvalue weighted by Crippen LogP contribution is -2.08. The van der Waals surface area contributed by atoms with Gasteiger partial charge in [0.1, 0.15) is 0 Å². The minimum absolute atomic E-state index is 0.277. The van der Waals surface area contributed by atoms with Crippen molar-refractivity contribution >= 4 is 0 Å². The van der Waals surface area contributed by atoms with Crippen LogP contribution in [-0.4, -0.2) is 24.9 Å². The molecular weight excluding hydrogens is 152 g/mol. The van der Waals surface area contributed by atoms with E-state index >= 15 is 0 Å². The molecule has 0 bridgehead atoms. The summed E-state index contributed by atoms with van der Waals surface area (Å²) in [6.07, 6.45) is 4.53. The lowest BCUT2D eigenvalue weighted by molar-refractivity contribution is 0.0915. The van der Waals surface area contributed by atoms with E-state index in [2.05, 4.69) is 13.8 Å². The molecule has 12 heavy (non-hydrogen) atoms. The van der Waals surface area contributed by atoms with Gasteiger partial charge in [0.25, 0.3) is 0 Å². The first-order valence-corrected chi connectivity index (χ1v) is 4.99. The topological polar surface area (TPSA) is 29.5 Å². The van der Waals surface area contributed by atoms with Crippen molar-refractivity contribution in [3.8, 4) is 0 Å². The van der Waals surface area contributed by atoms with Gasteiger partial charge in [0.15, 0.2) is 0 Å². The third kappa shape index (κ3) is 8.02. The molecule has 74 valence electrons. The number of hydrogen-bond acceptors (Lipinski definition) is 2. The summed E-state index contributed by atoms with van der Waals surface area (Å²) in [5, 5.41) is 8.62.